The van der Waals surface area contributed by atoms with Crippen molar-refractivity contribution < 1.29 is 9.53 Å². The zero-order valence-corrected chi connectivity index (χ0v) is 4.91. The molecule has 1 fully saturated rings. The summed E-state index contributed by atoms with van der Waals surface area (Å²) in [5, 5.41) is 8.38. The molecular weight excluding hydrogens is 118 g/mol. The van der Waals surface area contributed by atoms with Crippen LogP contribution < -0.4 is 0 Å². The molecule has 1 aliphatic heterocycles. The number of carbonyl (C=O) groups is 1. The van der Waals surface area contributed by atoms with Gasteiger partial charge < -0.3 is 9.53 Å². The van der Waals surface area contributed by atoms with Crippen molar-refractivity contribution in [3.63, 3.8) is 0 Å². The lowest BCUT2D eigenvalue weighted by Crippen LogP contribution is -2.10. The molecule has 2 unspecified atom stereocenters. The molecule has 3 heteroatoms. The Kier molecular flexibility index (Phi) is 1.81. The molecule has 0 saturated carbocycles. The molecule has 2 atom stereocenters. The van der Waals surface area contributed by atoms with Gasteiger partial charge in [-0.2, -0.15) is 5.26 Å². The van der Waals surface area contributed by atoms with E-state index in [1.54, 1.807) is 0 Å². The highest BCUT2D eigenvalue weighted by Crippen LogP contribution is 2.16. The number of aldehydes is 1. The van der Waals surface area contributed by atoms with Crippen molar-refractivity contribution in [3.05, 3.63) is 0 Å². The van der Waals surface area contributed by atoms with Gasteiger partial charge >= 0.3 is 0 Å². The molecule has 3 nitrogen and oxygen atoms in total. The normalized spacial score (nSPS) is 33.7. The lowest BCUT2D eigenvalue weighted by molar-refractivity contribution is -0.111. The van der Waals surface area contributed by atoms with E-state index in [2.05, 4.69) is 0 Å². The Morgan fingerprint density at radius 2 is 2.44 bits per heavy atom. The smallest absolute Gasteiger partial charge is 0.126 e. The van der Waals surface area contributed by atoms with Crippen molar-refractivity contribution in [1.82, 2.24) is 0 Å². The van der Waals surface area contributed by atoms with Gasteiger partial charge in [0.1, 0.15) is 6.29 Å². The Labute approximate surface area is 53.2 Å². The number of nitriles is 1. The Morgan fingerprint density at radius 3 is 2.89 bits per heavy atom. The van der Waals surface area contributed by atoms with Gasteiger partial charge in [-0.3, -0.25) is 0 Å². The van der Waals surface area contributed by atoms with Gasteiger partial charge in [-0.15, -0.1) is 0 Å². The maximum absolute atomic E-state index is 10.1. The monoisotopic (exact) mass is 125 g/mol. The summed E-state index contributed by atoms with van der Waals surface area (Å²) in [5.41, 5.74) is 0. The minimum absolute atomic E-state index is 0.185. The highest BCUT2D eigenvalue weighted by molar-refractivity contribution is 5.55. The zero-order valence-electron chi connectivity index (χ0n) is 4.91. The molecule has 9 heavy (non-hydrogen) atoms. The van der Waals surface area contributed by atoms with Gasteiger partial charge in [-0.1, -0.05) is 0 Å². The van der Waals surface area contributed by atoms with Crippen molar-refractivity contribution in [2.45, 2.75) is 0 Å². The predicted octanol–water partition coefficient (Wildman–Crippen LogP) is -0.0285. The van der Waals surface area contributed by atoms with Crippen molar-refractivity contribution in [3.8, 4) is 6.07 Å². The number of rotatable bonds is 1. The molecular formula is C6H7NO2. The second kappa shape index (κ2) is 2.60. The average Bonchev–Trinajstić information content (AvgIpc) is 2.33. The first-order valence-electron chi connectivity index (χ1n) is 2.81. The summed E-state index contributed by atoms with van der Waals surface area (Å²) in [4.78, 5) is 10.1. The summed E-state index contributed by atoms with van der Waals surface area (Å²) in [6.07, 6.45) is 0.793. The summed E-state index contributed by atoms with van der Waals surface area (Å²) >= 11 is 0. The topological polar surface area (TPSA) is 50.1 Å². The fraction of sp³-hybridized carbons (Fsp3) is 0.667. The van der Waals surface area contributed by atoms with E-state index < -0.39 is 0 Å². The highest BCUT2D eigenvalue weighted by atomic mass is 16.5. The van der Waals surface area contributed by atoms with Gasteiger partial charge in [0.2, 0.25) is 0 Å². The number of nitrogens with zero attached hydrogens (tertiary/aromatic N) is 1. The van der Waals surface area contributed by atoms with E-state index in [-0.39, 0.29) is 11.8 Å². The third kappa shape index (κ3) is 1.08. The van der Waals surface area contributed by atoms with Crippen LogP contribution in [-0.4, -0.2) is 19.5 Å². The molecule has 0 amide bonds. The van der Waals surface area contributed by atoms with E-state index in [0.717, 1.165) is 6.29 Å². The van der Waals surface area contributed by atoms with Gasteiger partial charge in [0.05, 0.1) is 31.1 Å². The maximum atomic E-state index is 10.1. The van der Waals surface area contributed by atoms with Gasteiger partial charge in [0.25, 0.3) is 0 Å². The molecule has 1 aliphatic rings. The summed E-state index contributed by atoms with van der Waals surface area (Å²) in [5.74, 6) is -0.391. The second-order valence-electron chi connectivity index (χ2n) is 2.07. The van der Waals surface area contributed by atoms with E-state index in [1.807, 2.05) is 6.07 Å². The molecule has 1 heterocycles. The minimum atomic E-state index is -0.206. The lowest BCUT2D eigenvalue weighted by Gasteiger charge is -1.97. The maximum Gasteiger partial charge on any atom is 0.126 e. The van der Waals surface area contributed by atoms with Crippen LogP contribution in [0.4, 0.5) is 0 Å². The van der Waals surface area contributed by atoms with Crippen molar-refractivity contribution in [2.24, 2.45) is 11.8 Å². The molecule has 0 aromatic carbocycles. The van der Waals surface area contributed by atoms with Crippen molar-refractivity contribution in [2.75, 3.05) is 13.2 Å². The summed E-state index contributed by atoms with van der Waals surface area (Å²) in [6, 6.07) is 2.01. The second-order valence-corrected chi connectivity index (χ2v) is 2.07. The first kappa shape index (κ1) is 6.24. The Bertz CT molecular complexity index is 150. The molecule has 0 aromatic rings. The number of hydrogen-bond donors (Lipinski definition) is 0. The lowest BCUT2D eigenvalue weighted by atomic mass is 10.00. The van der Waals surface area contributed by atoms with E-state index >= 15 is 0 Å². The van der Waals surface area contributed by atoms with Crippen LogP contribution in [0.5, 0.6) is 0 Å². The zero-order chi connectivity index (χ0) is 6.69. The van der Waals surface area contributed by atoms with E-state index in [0.29, 0.717) is 13.2 Å². The van der Waals surface area contributed by atoms with Gasteiger partial charge in [0, 0.05) is 0 Å². The Hall–Kier alpha value is -0.880. The van der Waals surface area contributed by atoms with Crippen LogP contribution in [0, 0.1) is 23.2 Å². The van der Waals surface area contributed by atoms with E-state index in [9.17, 15) is 4.79 Å². The molecule has 0 radical (unpaired) electrons. The summed E-state index contributed by atoms with van der Waals surface area (Å²) in [6.45, 7) is 0.835. The Morgan fingerprint density at radius 1 is 1.67 bits per heavy atom. The third-order valence-electron chi connectivity index (χ3n) is 1.47. The van der Waals surface area contributed by atoms with Crippen LogP contribution in [-0.2, 0) is 9.53 Å². The summed E-state index contributed by atoms with van der Waals surface area (Å²) in [7, 11) is 0. The van der Waals surface area contributed by atoms with Crippen LogP contribution in [0.3, 0.4) is 0 Å². The van der Waals surface area contributed by atoms with Crippen molar-refractivity contribution in [1.29, 1.82) is 5.26 Å². The van der Waals surface area contributed by atoms with Crippen LogP contribution in [0.2, 0.25) is 0 Å². The van der Waals surface area contributed by atoms with Crippen LogP contribution in [0.25, 0.3) is 0 Å². The van der Waals surface area contributed by atoms with Crippen LogP contribution >= 0.6 is 0 Å². The Balaban J connectivity index is 2.53. The molecule has 0 N–H and O–H groups in total. The third-order valence-corrected chi connectivity index (χ3v) is 1.47. The largest absolute Gasteiger partial charge is 0.379 e. The summed E-state index contributed by atoms with van der Waals surface area (Å²) < 4.78 is 4.90. The number of carbonyl (C=O) groups excluding carboxylic acids is 1. The molecule has 0 aromatic heterocycles. The molecule has 0 aliphatic carbocycles. The van der Waals surface area contributed by atoms with E-state index in [4.69, 9.17) is 10.00 Å². The van der Waals surface area contributed by atoms with Crippen LogP contribution in [0.1, 0.15) is 0 Å². The molecule has 0 spiro atoms. The van der Waals surface area contributed by atoms with Gasteiger partial charge in [-0.25, -0.2) is 0 Å². The first-order valence-corrected chi connectivity index (χ1v) is 2.81. The van der Waals surface area contributed by atoms with E-state index in [1.165, 1.54) is 0 Å². The standard InChI is InChI=1S/C6H7NO2/c7-1-5-3-9-4-6(5)2-8/h2,5-6H,3-4H2. The molecule has 1 rings (SSSR count). The fourth-order valence-electron chi connectivity index (χ4n) is 0.838. The minimum Gasteiger partial charge on any atom is -0.379 e. The molecule has 0 bridgehead atoms. The fourth-order valence-corrected chi connectivity index (χ4v) is 0.838. The highest BCUT2D eigenvalue weighted by Gasteiger charge is 2.27. The van der Waals surface area contributed by atoms with Gasteiger partial charge in [0.15, 0.2) is 0 Å². The molecule has 48 valence electrons. The SMILES string of the molecule is N#CC1COCC1C=O. The number of ether oxygens (including phenoxy) is 1. The first-order chi connectivity index (χ1) is 4.38. The predicted molar refractivity (Wildman–Crippen MR) is 29.5 cm³/mol. The van der Waals surface area contributed by atoms with Crippen LogP contribution in [0.15, 0.2) is 0 Å². The van der Waals surface area contributed by atoms with Gasteiger partial charge in [-0.05, 0) is 0 Å². The average molecular weight is 125 g/mol. The van der Waals surface area contributed by atoms with Crippen molar-refractivity contribution >= 4 is 6.29 Å². The number of hydrogen-bond acceptors (Lipinski definition) is 3. The molecule has 1 saturated heterocycles. The quantitative estimate of drug-likeness (QED) is 0.462.